The van der Waals surface area contributed by atoms with Crippen molar-refractivity contribution in [1.29, 1.82) is 0 Å². The van der Waals surface area contributed by atoms with Crippen LogP contribution in [0.4, 0.5) is 10.2 Å². The highest BCUT2D eigenvalue weighted by atomic mass is 35.5. The highest BCUT2D eigenvalue weighted by Crippen LogP contribution is 2.57. The Hall–Kier alpha value is -2.71. The zero-order valence-electron chi connectivity index (χ0n) is 23.4. The summed E-state index contributed by atoms with van der Waals surface area (Å²) >= 11 is 7.31. The number of aromatic nitrogens is 2. The number of hydrogen-bond donors (Lipinski definition) is 2. The number of phosphoric ester groups is 1. The molecule has 2 saturated heterocycles. The van der Waals surface area contributed by atoms with E-state index >= 15 is 4.39 Å². The molecule has 1 aromatic heterocycles. The lowest BCUT2D eigenvalue weighted by molar-refractivity contribution is -0.0137. The van der Waals surface area contributed by atoms with Gasteiger partial charge in [-0.2, -0.15) is 4.98 Å². The van der Waals surface area contributed by atoms with Crippen LogP contribution in [0, 0.1) is 0 Å². The van der Waals surface area contributed by atoms with Gasteiger partial charge in [-0.05, 0) is 43.2 Å². The Morgan fingerprint density at radius 1 is 1.25 bits per heavy atom. The van der Waals surface area contributed by atoms with Gasteiger partial charge in [0.05, 0.1) is 17.7 Å². The molecule has 8 atom stereocenters. The zero-order valence-corrected chi connectivity index (χ0v) is 25.9. The molecule has 2 aliphatic heterocycles. The maximum absolute atomic E-state index is 16.1. The number of nitrogens with zero attached hydrogens (tertiary/aromatic N) is 2. The molecule has 44 heavy (non-hydrogen) atoms. The molecule has 2 radical (unpaired) electrons. The minimum Gasteiger partial charge on any atom is -0.402 e. The van der Waals surface area contributed by atoms with Crippen LogP contribution in [0.25, 0.3) is 0 Å². The lowest BCUT2D eigenvalue weighted by Crippen LogP contribution is -2.35. The fourth-order valence-corrected chi connectivity index (χ4v) is 8.03. The van der Waals surface area contributed by atoms with Gasteiger partial charge in [0, 0.05) is 23.0 Å². The van der Waals surface area contributed by atoms with Gasteiger partial charge < -0.3 is 19.7 Å². The van der Waals surface area contributed by atoms with Crippen LogP contribution in [0.3, 0.4) is 0 Å². The van der Waals surface area contributed by atoms with E-state index in [1.807, 2.05) is 0 Å². The highest BCUT2D eigenvalue weighted by molar-refractivity contribution is 8.00. The fourth-order valence-electron chi connectivity index (χ4n) is 4.77. The summed E-state index contributed by atoms with van der Waals surface area (Å²) in [5.74, 6) is -0.484. The Kier molecular flexibility index (Phi) is 10.5. The van der Waals surface area contributed by atoms with Crippen LogP contribution in [-0.4, -0.2) is 70.8 Å². The number of thioether (sulfide) groups is 1. The summed E-state index contributed by atoms with van der Waals surface area (Å²) in [4.78, 5) is 29.4. The number of alkyl halides is 1. The molecule has 2 aromatic carbocycles. The van der Waals surface area contributed by atoms with Crippen LogP contribution in [0.5, 0.6) is 5.75 Å². The van der Waals surface area contributed by atoms with Crippen LogP contribution < -0.4 is 15.5 Å². The SMILES string of the molecule is [B][C@H]1C[C@H](O)[C@@H](COP(=O)(Oc2ccccc2Cl)O[C@H]2[C@H](F)[C@H](n3ccc(NC(=O)c4ccccc4)nc3=O)S[C@@H]2CC)O1. The van der Waals surface area contributed by atoms with Gasteiger partial charge in [-0.3, -0.25) is 18.4 Å². The van der Waals surface area contributed by atoms with Crippen LogP contribution in [0.2, 0.25) is 5.02 Å². The maximum Gasteiger partial charge on any atom is 0.530 e. The van der Waals surface area contributed by atoms with Crippen LogP contribution in [0.15, 0.2) is 71.7 Å². The zero-order chi connectivity index (χ0) is 31.4. The minimum atomic E-state index is -4.61. The van der Waals surface area contributed by atoms with Crippen LogP contribution in [0.1, 0.15) is 35.5 Å². The van der Waals surface area contributed by atoms with E-state index in [0.717, 1.165) is 16.3 Å². The molecule has 2 N–H and O–H groups in total. The van der Waals surface area contributed by atoms with Crippen molar-refractivity contribution in [2.24, 2.45) is 0 Å². The number of anilines is 1. The predicted octanol–water partition coefficient (Wildman–Crippen LogP) is 4.74. The van der Waals surface area contributed by atoms with Crippen molar-refractivity contribution in [2.45, 2.75) is 60.9 Å². The number of benzene rings is 2. The molecule has 0 bridgehead atoms. The van der Waals surface area contributed by atoms with E-state index in [9.17, 15) is 19.3 Å². The number of nitrogens with one attached hydrogen (secondary N) is 1. The monoisotopic (exact) mass is 663 g/mol. The summed E-state index contributed by atoms with van der Waals surface area (Å²) in [7, 11) is 1.13. The summed E-state index contributed by atoms with van der Waals surface area (Å²) in [6, 6.07) is 15.2. The fraction of sp³-hybridized carbons (Fsp3) is 0.393. The lowest BCUT2D eigenvalue weighted by Gasteiger charge is -2.27. The molecule has 0 saturated carbocycles. The standard InChI is InChI=1S/C28H29BClFN3O8PS/c1-2-21-25(42-43(38,41-19-11-7-6-10-17(19)30)39-15-20-18(35)14-22(29)40-20)24(31)27(44-21)34-13-12-23(33-28(34)37)32-26(36)16-8-4-3-5-9-16/h3-13,18,20-22,24-25,27,35H,2,14-15H2,1H3,(H,32,33,36,37)/t18-,20+,21+,22+,24-,25+,27+,43?/m0/s1. The van der Waals surface area contributed by atoms with Crippen molar-refractivity contribution < 1.29 is 37.2 Å². The number of aliphatic hydroxyl groups is 1. The van der Waals surface area contributed by atoms with Crippen molar-refractivity contribution >= 4 is 50.8 Å². The molecule has 2 fully saturated rings. The Bertz CT molecular complexity index is 1580. The van der Waals surface area contributed by atoms with Gasteiger partial charge in [-0.25, -0.2) is 13.8 Å². The van der Waals surface area contributed by atoms with Crippen molar-refractivity contribution in [1.82, 2.24) is 9.55 Å². The molecule has 3 aromatic rings. The van der Waals surface area contributed by atoms with Gasteiger partial charge in [0.15, 0.2) is 6.17 Å². The van der Waals surface area contributed by atoms with Gasteiger partial charge in [0.1, 0.15) is 37.0 Å². The second kappa shape index (κ2) is 14.2. The highest BCUT2D eigenvalue weighted by Gasteiger charge is 2.51. The Labute approximate surface area is 263 Å². The predicted molar refractivity (Wildman–Crippen MR) is 164 cm³/mol. The van der Waals surface area contributed by atoms with Crippen molar-refractivity contribution in [2.75, 3.05) is 11.9 Å². The largest absolute Gasteiger partial charge is 0.530 e. The van der Waals surface area contributed by atoms with Crippen molar-refractivity contribution in [3.8, 4) is 5.75 Å². The quantitative estimate of drug-likeness (QED) is 0.219. The molecule has 11 nitrogen and oxygen atoms in total. The number of rotatable bonds is 11. The molecule has 5 rings (SSSR count). The smallest absolute Gasteiger partial charge is 0.402 e. The van der Waals surface area contributed by atoms with E-state index in [2.05, 4.69) is 10.3 Å². The molecule has 1 unspecified atom stereocenters. The number of hydrogen-bond acceptors (Lipinski definition) is 10. The van der Waals surface area contributed by atoms with E-state index in [0.29, 0.717) is 12.0 Å². The summed E-state index contributed by atoms with van der Waals surface area (Å²) < 4.78 is 53.7. The average molecular weight is 664 g/mol. The number of halogens is 2. The first-order valence-corrected chi connectivity index (χ1v) is 16.6. The second-order valence-corrected chi connectivity index (χ2v) is 13.4. The third kappa shape index (κ3) is 7.56. The molecule has 2 aliphatic rings. The van der Waals surface area contributed by atoms with Crippen molar-refractivity contribution in [3.05, 3.63) is 87.9 Å². The van der Waals surface area contributed by atoms with Gasteiger partial charge in [-0.15, -0.1) is 11.8 Å². The number of carbonyl (C=O) groups is 1. The second-order valence-electron chi connectivity index (χ2n) is 10.1. The summed E-state index contributed by atoms with van der Waals surface area (Å²) in [5, 5.41) is 11.2. The lowest BCUT2D eigenvalue weighted by atomic mass is 9.96. The number of aliphatic hydroxyl groups excluding tert-OH is 1. The number of ether oxygens (including phenoxy) is 1. The Morgan fingerprint density at radius 2 is 1.98 bits per heavy atom. The first-order chi connectivity index (χ1) is 21.1. The number of para-hydroxylation sites is 1. The summed E-state index contributed by atoms with van der Waals surface area (Å²) in [6.07, 6.45) is -3.25. The first kappa shape index (κ1) is 32.7. The molecule has 1 amide bonds. The van der Waals surface area contributed by atoms with E-state index in [4.69, 9.17) is 37.8 Å². The molecule has 16 heteroatoms. The van der Waals surface area contributed by atoms with E-state index < -0.39 is 67.1 Å². The van der Waals surface area contributed by atoms with E-state index in [-0.39, 0.29) is 23.0 Å². The third-order valence-electron chi connectivity index (χ3n) is 7.00. The molecule has 0 aliphatic carbocycles. The Balaban J connectivity index is 1.34. The molecule has 3 heterocycles. The van der Waals surface area contributed by atoms with Crippen molar-refractivity contribution in [3.63, 3.8) is 0 Å². The Morgan fingerprint density at radius 3 is 2.64 bits per heavy atom. The van der Waals surface area contributed by atoms with Gasteiger partial charge in [0.25, 0.3) is 5.91 Å². The maximum atomic E-state index is 16.1. The summed E-state index contributed by atoms with van der Waals surface area (Å²) in [5.41, 5.74) is -0.427. The van der Waals surface area contributed by atoms with Crippen LogP contribution >= 0.6 is 31.2 Å². The summed E-state index contributed by atoms with van der Waals surface area (Å²) in [6.45, 7) is 1.37. The van der Waals surface area contributed by atoms with Gasteiger partial charge in [0.2, 0.25) is 0 Å². The third-order valence-corrected chi connectivity index (χ3v) is 10.4. The van der Waals surface area contributed by atoms with Gasteiger partial charge >= 0.3 is 13.5 Å². The molecular weight excluding hydrogens is 635 g/mol. The minimum absolute atomic E-state index is 0.000396. The molecule has 0 spiro atoms. The normalized spacial score (nSPS) is 28.0. The average Bonchev–Trinajstić information content (AvgIpc) is 3.50. The van der Waals surface area contributed by atoms with Gasteiger partial charge in [-0.1, -0.05) is 48.9 Å². The number of phosphoric acid groups is 1. The first-order valence-electron chi connectivity index (χ1n) is 13.8. The number of carbonyl (C=O) groups excluding carboxylic acids is 1. The number of amides is 1. The van der Waals surface area contributed by atoms with E-state index in [1.54, 1.807) is 49.4 Å². The molecular formula is C28H29BClFN3O8PS. The van der Waals surface area contributed by atoms with E-state index in [1.165, 1.54) is 24.4 Å². The van der Waals surface area contributed by atoms with Crippen LogP contribution in [-0.2, 0) is 18.3 Å². The topological polar surface area (TPSA) is 138 Å². The molecule has 232 valence electrons.